The summed E-state index contributed by atoms with van der Waals surface area (Å²) in [6, 6.07) is 10.4. The van der Waals surface area contributed by atoms with E-state index in [1.165, 1.54) is 5.56 Å². The Labute approximate surface area is 154 Å². The van der Waals surface area contributed by atoms with Gasteiger partial charge in [-0.05, 0) is 31.2 Å². The highest BCUT2D eigenvalue weighted by atomic mass is 35.5. The summed E-state index contributed by atoms with van der Waals surface area (Å²) in [5.41, 5.74) is 6.60. The van der Waals surface area contributed by atoms with E-state index in [2.05, 4.69) is 39.1 Å². The molecule has 1 amide bonds. The smallest absolute Gasteiger partial charge is 0.240 e. The first kappa shape index (κ1) is 20.5. The van der Waals surface area contributed by atoms with Crippen LogP contribution < -0.4 is 11.1 Å². The molecule has 7 heteroatoms. The SMILES string of the molecule is Cl.Cl.NC1(C(=O)NCc2nccn2CCCc2ccccc2)CC1. The van der Waals surface area contributed by atoms with Crippen molar-refractivity contribution in [1.82, 2.24) is 14.9 Å². The zero-order chi connectivity index (χ0) is 15.4. The molecule has 1 heterocycles. The second kappa shape index (κ2) is 9.06. The monoisotopic (exact) mass is 370 g/mol. The van der Waals surface area contributed by atoms with Gasteiger partial charge in [0.2, 0.25) is 5.91 Å². The van der Waals surface area contributed by atoms with Crippen LogP contribution in [0, 0.1) is 0 Å². The van der Waals surface area contributed by atoms with Crippen molar-refractivity contribution in [3.8, 4) is 0 Å². The quantitative estimate of drug-likeness (QED) is 0.785. The predicted octanol–water partition coefficient (Wildman–Crippen LogP) is 2.47. The zero-order valence-corrected chi connectivity index (χ0v) is 15.1. The first-order chi connectivity index (χ1) is 10.7. The highest BCUT2D eigenvalue weighted by molar-refractivity contribution is 5.88. The minimum atomic E-state index is -0.620. The fourth-order valence-corrected chi connectivity index (χ4v) is 2.51. The molecule has 1 aliphatic rings. The van der Waals surface area contributed by atoms with Crippen molar-refractivity contribution in [3.05, 3.63) is 54.1 Å². The number of nitrogens with zero attached hydrogens (tertiary/aromatic N) is 2. The summed E-state index contributed by atoms with van der Waals surface area (Å²) in [6.07, 6.45) is 7.38. The number of carbonyl (C=O) groups excluding carboxylic acids is 1. The van der Waals surface area contributed by atoms with Crippen LogP contribution in [0.3, 0.4) is 0 Å². The van der Waals surface area contributed by atoms with Gasteiger partial charge in [-0.15, -0.1) is 24.8 Å². The average Bonchev–Trinajstić information content (AvgIpc) is 3.13. The summed E-state index contributed by atoms with van der Waals surface area (Å²) in [5.74, 6) is 0.817. The first-order valence-electron chi connectivity index (χ1n) is 7.78. The minimum absolute atomic E-state index is 0. The van der Waals surface area contributed by atoms with Crippen LogP contribution in [0.4, 0.5) is 0 Å². The third kappa shape index (κ3) is 5.23. The molecule has 24 heavy (non-hydrogen) atoms. The zero-order valence-electron chi connectivity index (χ0n) is 13.5. The van der Waals surface area contributed by atoms with E-state index in [9.17, 15) is 4.79 Å². The molecular weight excluding hydrogens is 347 g/mol. The van der Waals surface area contributed by atoms with Gasteiger partial charge in [-0.3, -0.25) is 4.79 Å². The van der Waals surface area contributed by atoms with Crippen molar-refractivity contribution in [3.63, 3.8) is 0 Å². The van der Waals surface area contributed by atoms with Crippen LogP contribution in [-0.2, 0) is 24.3 Å². The van der Waals surface area contributed by atoms with Crippen molar-refractivity contribution >= 4 is 30.7 Å². The number of amides is 1. The van der Waals surface area contributed by atoms with Gasteiger partial charge in [0.1, 0.15) is 5.82 Å². The maximum Gasteiger partial charge on any atom is 0.240 e. The third-order valence-electron chi connectivity index (χ3n) is 4.16. The van der Waals surface area contributed by atoms with Gasteiger partial charge in [0.15, 0.2) is 0 Å². The lowest BCUT2D eigenvalue weighted by molar-refractivity contribution is -0.123. The van der Waals surface area contributed by atoms with Gasteiger partial charge < -0.3 is 15.6 Å². The van der Waals surface area contributed by atoms with Gasteiger partial charge >= 0.3 is 0 Å². The molecule has 0 unspecified atom stereocenters. The van der Waals surface area contributed by atoms with E-state index in [1.807, 2.05) is 12.3 Å². The molecule has 0 saturated heterocycles. The standard InChI is InChI=1S/C17H22N4O.2ClH/c18-17(8-9-17)16(22)20-13-15-19-10-12-21(15)11-4-7-14-5-2-1-3-6-14;;/h1-3,5-6,10,12H,4,7-9,11,13,18H2,(H,20,22);2*1H. The topological polar surface area (TPSA) is 72.9 Å². The molecule has 0 aliphatic heterocycles. The van der Waals surface area contributed by atoms with Crippen LogP contribution in [0.2, 0.25) is 0 Å². The molecular formula is C17H24Cl2N4O. The molecule has 1 aromatic heterocycles. The van der Waals surface area contributed by atoms with E-state index in [1.54, 1.807) is 6.20 Å². The van der Waals surface area contributed by atoms with E-state index in [4.69, 9.17) is 5.73 Å². The Morgan fingerprint density at radius 1 is 1.25 bits per heavy atom. The van der Waals surface area contributed by atoms with Gasteiger partial charge in [0, 0.05) is 18.9 Å². The van der Waals surface area contributed by atoms with Gasteiger partial charge in [-0.25, -0.2) is 4.98 Å². The molecule has 5 nitrogen and oxygen atoms in total. The van der Waals surface area contributed by atoms with E-state index in [0.717, 1.165) is 38.1 Å². The van der Waals surface area contributed by atoms with E-state index in [0.29, 0.717) is 6.54 Å². The maximum absolute atomic E-state index is 11.9. The summed E-state index contributed by atoms with van der Waals surface area (Å²) in [7, 11) is 0. The molecule has 0 bridgehead atoms. The molecule has 1 aromatic carbocycles. The van der Waals surface area contributed by atoms with Crippen LogP contribution in [0.1, 0.15) is 30.7 Å². The highest BCUT2D eigenvalue weighted by Gasteiger charge is 2.45. The first-order valence-corrected chi connectivity index (χ1v) is 7.78. The molecule has 0 radical (unpaired) electrons. The van der Waals surface area contributed by atoms with Crippen LogP contribution in [-0.4, -0.2) is 21.0 Å². The van der Waals surface area contributed by atoms with Crippen LogP contribution in [0.25, 0.3) is 0 Å². The molecule has 1 saturated carbocycles. The molecule has 0 spiro atoms. The normalized spacial score (nSPS) is 14.2. The average molecular weight is 371 g/mol. The Balaban J connectivity index is 0.00000144. The fourth-order valence-electron chi connectivity index (χ4n) is 2.51. The summed E-state index contributed by atoms with van der Waals surface area (Å²) in [4.78, 5) is 16.2. The number of rotatable bonds is 7. The van der Waals surface area contributed by atoms with E-state index >= 15 is 0 Å². The molecule has 0 atom stereocenters. The number of aryl methyl sites for hydroxylation is 2. The van der Waals surface area contributed by atoms with Crippen molar-refractivity contribution in [2.45, 2.75) is 44.3 Å². The number of carbonyl (C=O) groups is 1. The molecule has 3 rings (SSSR count). The number of imidazole rings is 1. The van der Waals surface area contributed by atoms with E-state index in [-0.39, 0.29) is 30.7 Å². The number of aromatic nitrogens is 2. The number of hydrogen-bond acceptors (Lipinski definition) is 3. The van der Waals surface area contributed by atoms with Crippen LogP contribution in [0.5, 0.6) is 0 Å². The lowest BCUT2D eigenvalue weighted by Gasteiger charge is -2.11. The highest BCUT2D eigenvalue weighted by Crippen LogP contribution is 2.32. The summed E-state index contributed by atoms with van der Waals surface area (Å²) in [6.45, 7) is 1.34. The Morgan fingerprint density at radius 2 is 1.96 bits per heavy atom. The number of hydrogen-bond donors (Lipinski definition) is 2. The molecule has 3 N–H and O–H groups in total. The summed E-state index contributed by atoms with van der Waals surface area (Å²) in [5, 5.41) is 2.89. The maximum atomic E-state index is 11.9. The summed E-state index contributed by atoms with van der Waals surface area (Å²) >= 11 is 0. The van der Waals surface area contributed by atoms with Gasteiger partial charge in [-0.1, -0.05) is 30.3 Å². The van der Waals surface area contributed by atoms with Gasteiger partial charge in [-0.2, -0.15) is 0 Å². The third-order valence-corrected chi connectivity index (χ3v) is 4.16. The number of nitrogens with one attached hydrogen (secondary N) is 1. The molecule has 1 aliphatic carbocycles. The van der Waals surface area contributed by atoms with Crippen LogP contribution in [0.15, 0.2) is 42.7 Å². The van der Waals surface area contributed by atoms with Gasteiger partial charge in [0.05, 0.1) is 12.1 Å². The van der Waals surface area contributed by atoms with Crippen molar-refractivity contribution in [2.24, 2.45) is 5.73 Å². The van der Waals surface area contributed by atoms with Crippen molar-refractivity contribution in [1.29, 1.82) is 0 Å². The lowest BCUT2D eigenvalue weighted by Crippen LogP contribution is -2.42. The predicted molar refractivity (Wildman–Crippen MR) is 99.5 cm³/mol. The van der Waals surface area contributed by atoms with Gasteiger partial charge in [0.25, 0.3) is 0 Å². The molecule has 2 aromatic rings. The second-order valence-electron chi connectivity index (χ2n) is 5.96. The number of halogens is 2. The Morgan fingerprint density at radius 3 is 2.62 bits per heavy atom. The number of nitrogens with two attached hydrogens (primary N) is 1. The van der Waals surface area contributed by atoms with Crippen molar-refractivity contribution in [2.75, 3.05) is 0 Å². The Kier molecular flexibility index (Phi) is 7.73. The number of benzene rings is 1. The van der Waals surface area contributed by atoms with Crippen molar-refractivity contribution < 1.29 is 4.79 Å². The minimum Gasteiger partial charge on any atom is -0.347 e. The second-order valence-corrected chi connectivity index (χ2v) is 5.96. The van der Waals surface area contributed by atoms with Crippen LogP contribution >= 0.6 is 24.8 Å². The Hall–Kier alpha value is -1.56. The van der Waals surface area contributed by atoms with E-state index < -0.39 is 5.54 Å². The molecule has 1 fully saturated rings. The summed E-state index contributed by atoms with van der Waals surface area (Å²) < 4.78 is 2.10. The lowest BCUT2D eigenvalue weighted by atomic mass is 10.1. The fraction of sp³-hybridized carbons (Fsp3) is 0.412. The molecule has 132 valence electrons. The Bertz CT molecular complexity index is 641. The largest absolute Gasteiger partial charge is 0.347 e.